The molecule has 0 aromatic carbocycles. The summed E-state index contributed by atoms with van der Waals surface area (Å²) in [6, 6.07) is 4.15. The van der Waals surface area contributed by atoms with Crippen molar-refractivity contribution in [1.82, 2.24) is 4.98 Å². The molecular formula is C13H21N3. The molecule has 1 aromatic heterocycles. The standard InChI is InChI=1S/C13H21N3/c1-2-11-6-9-16(10-11)13-12(5-7-14)4-3-8-15-13/h3-4,8,11H,2,5-7,9-10,14H2,1H3. The van der Waals surface area contributed by atoms with Crippen LogP contribution in [0.25, 0.3) is 0 Å². The van der Waals surface area contributed by atoms with Gasteiger partial charge in [0.25, 0.3) is 0 Å². The molecule has 2 N–H and O–H groups in total. The maximum absolute atomic E-state index is 5.64. The van der Waals surface area contributed by atoms with Crippen molar-refractivity contribution in [3.05, 3.63) is 23.9 Å². The second-order valence-electron chi connectivity index (χ2n) is 4.53. The van der Waals surface area contributed by atoms with E-state index in [0.717, 1.165) is 31.2 Å². The Labute approximate surface area is 97.7 Å². The van der Waals surface area contributed by atoms with Crippen LogP contribution in [0.5, 0.6) is 0 Å². The van der Waals surface area contributed by atoms with Gasteiger partial charge in [0.05, 0.1) is 0 Å². The van der Waals surface area contributed by atoms with Gasteiger partial charge in [-0.25, -0.2) is 4.98 Å². The van der Waals surface area contributed by atoms with Crippen molar-refractivity contribution in [3.8, 4) is 0 Å². The van der Waals surface area contributed by atoms with E-state index >= 15 is 0 Å². The van der Waals surface area contributed by atoms with E-state index in [1.54, 1.807) is 0 Å². The first-order chi connectivity index (χ1) is 7.85. The molecule has 0 aliphatic carbocycles. The van der Waals surface area contributed by atoms with Crippen molar-refractivity contribution < 1.29 is 0 Å². The van der Waals surface area contributed by atoms with E-state index in [2.05, 4.69) is 22.9 Å². The van der Waals surface area contributed by atoms with Gasteiger partial charge in [0.1, 0.15) is 5.82 Å². The van der Waals surface area contributed by atoms with Crippen LogP contribution in [-0.2, 0) is 6.42 Å². The Morgan fingerprint density at radius 1 is 1.56 bits per heavy atom. The molecule has 16 heavy (non-hydrogen) atoms. The van der Waals surface area contributed by atoms with Crippen molar-refractivity contribution >= 4 is 5.82 Å². The molecule has 3 nitrogen and oxygen atoms in total. The zero-order valence-electron chi connectivity index (χ0n) is 10.0. The summed E-state index contributed by atoms with van der Waals surface area (Å²) in [4.78, 5) is 6.93. The molecule has 0 spiro atoms. The van der Waals surface area contributed by atoms with Crippen LogP contribution in [0.2, 0.25) is 0 Å². The summed E-state index contributed by atoms with van der Waals surface area (Å²) >= 11 is 0. The van der Waals surface area contributed by atoms with Crippen LogP contribution in [0.15, 0.2) is 18.3 Å². The van der Waals surface area contributed by atoms with Gasteiger partial charge < -0.3 is 10.6 Å². The third-order valence-electron chi connectivity index (χ3n) is 3.44. The molecule has 2 heterocycles. The summed E-state index contributed by atoms with van der Waals surface area (Å²) in [6.45, 7) is 5.27. The predicted octanol–water partition coefficient (Wildman–Crippen LogP) is 1.82. The highest BCUT2D eigenvalue weighted by atomic mass is 15.2. The number of nitrogens with zero attached hydrogens (tertiary/aromatic N) is 2. The molecule has 1 unspecified atom stereocenters. The molecule has 3 heteroatoms. The number of aromatic nitrogens is 1. The number of nitrogens with two attached hydrogens (primary N) is 1. The SMILES string of the molecule is CCC1CCN(c2ncccc2CCN)C1. The first kappa shape index (κ1) is 11.4. The lowest BCUT2D eigenvalue weighted by Crippen LogP contribution is -2.22. The Morgan fingerprint density at radius 3 is 3.12 bits per heavy atom. The van der Waals surface area contributed by atoms with Crippen molar-refractivity contribution in [1.29, 1.82) is 0 Å². The summed E-state index contributed by atoms with van der Waals surface area (Å²) < 4.78 is 0. The Bertz CT molecular complexity index is 338. The highest BCUT2D eigenvalue weighted by Crippen LogP contribution is 2.26. The van der Waals surface area contributed by atoms with Crippen LogP contribution >= 0.6 is 0 Å². The molecule has 0 radical (unpaired) electrons. The Balaban J connectivity index is 2.14. The summed E-state index contributed by atoms with van der Waals surface area (Å²) in [5.74, 6) is 2.00. The number of pyridine rings is 1. The molecule has 88 valence electrons. The largest absolute Gasteiger partial charge is 0.356 e. The average molecular weight is 219 g/mol. The van der Waals surface area contributed by atoms with E-state index in [1.165, 1.54) is 18.4 Å². The number of hydrogen-bond acceptors (Lipinski definition) is 3. The molecule has 1 fully saturated rings. The van der Waals surface area contributed by atoms with Crippen molar-refractivity contribution in [2.24, 2.45) is 11.7 Å². The van der Waals surface area contributed by atoms with Gasteiger partial charge in [-0.05, 0) is 36.9 Å². The van der Waals surface area contributed by atoms with Crippen LogP contribution in [0.1, 0.15) is 25.3 Å². The van der Waals surface area contributed by atoms with Gasteiger partial charge in [-0.15, -0.1) is 0 Å². The summed E-state index contributed by atoms with van der Waals surface area (Å²) in [5, 5.41) is 0. The Morgan fingerprint density at radius 2 is 2.44 bits per heavy atom. The van der Waals surface area contributed by atoms with E-state index in [9.17, 15) is 0 Å². The molecule has 0 amide bonds. The second-order valence-corrected chi connectivity index (χ2v) is 4.53. The molecular weight excluding hydrogens is 198 g/mol. The number of rotatable bonds is 4. The zero-order valence-corrected chi connectivity index (χ0v) is 10.0. The van der Waals surface area contributed by atoms with Crippen LogP contribution in [0, 0.1) is 5.92 Å². The van der Waals surface area contributed by atoms with Gasteiger partial charge in [-0.1, -0.05) is 19.4 Å². The summed E-state index contributed by atoms with van der Waals surface area (Å²) in [7, 11) is 0. The maximum atomic E-state index is 5.64. The van der Waals surface area contributed by atoms with Crippen LogP contribution in [0.3, 0.4) is 0 Å². The molecule has 2 rings (SSSR count). The zero-order chi connectivity index (χ0) is 11.4. The van der Waals surface area contributed by atoms with E-state index in [0.29, 0.717) is 6.54 Å². The first-order valence-electron chi connectivity index (χ1n) is 6.24. The highest BCUT2D eigenvalue weighted by Gasteiger charge is 2.23. The van der Waals surface area contributed by atoms with E-state index in [-0.39, 0.29) is 0 Å². The lowest BCUT2D eigenvalue weighted by molar-refractivity contribution is 0.568. The lowest BCUT2D eigenvalue weighted by atomic mass is 10.1. The maximum Gasteiger partial charge on any atom is 0.131 e. The Kier molecular flexibility index (Phi) is 3.78. The fraction of sp³-hybridized carbons (Fsp3) is 0.615. The average Bonchev–Trinajstić information content (AvgIpc) is 2.79. The molecule has 1 aliphatic heterocycles. The van der Waals surface area contributed by atoms with Crippen LogP contribution < -0.4 is 10.6 Å². The second kappa shape index (κ2) is 5.30. The quantitative estimate of drug-likeness (QED) is 0.840. The van der Waals surface area contributed by atoms with E-state index < -0.39 is 0 Å². The molecule has 0 saturated carbocycles. The van der Waals surface area contributed by atoms with Crippen LogP contribution in [-0.4, -0.2) is 24.6 Å². The molecule has 1 saturated heterocycles. The predicted molar refractivity (Wildman–Crippen MR) is 67.6 cm³/mol. The Hall–Kier alpha value is -1.09. The highest BCUT2D eigenvalue weighted by molar-refractivity contribution is 5.47. The molecule has 1 aliphatic rings. The number of hydrogen-bond donors (Lipinski definition) is 1. The summed E-state index contributed by atoms with van der Waals surface area (Å²) in [6.07, 6.45) is 5.38. The third-order valence-corrected chi connectivity index (χ3v) is 3.44. The normalized spacial score (nSPS) is 20.4. The fourth-order valence-electron chi connectivity index (χ4n) is 2.42. The van der Waals surface area contributed by atoms with Crippen molar-refractivity contribution in [3.63, 3.8) is 0 Å². The van der Waals surface area contributed by atoms with Crippen molar-refractivity contribution in [2.45, 2.75) is 26.2 Å². The third kappa shape index (κ3) is 2.35. The number of anilines is 1. The molecule has 1 atom stereocenters. The molecule has 0 bridgehead atoms. The van der Waals surface area contributed by atoms with Gasteiger partial charge in [0, 0.05) is 19.3 Å². The van der Waals surface area contributed by atoms with Crippen molar-refractivity contribution in [2.75, 3.05) is 24.5 Å². The van der Waals surface area contributed by atoms with E-state index in [4.69, 9.17) is 5.73 Å². The van der Waals surface area contributed by atoms with Gasteiger partial charge in [-0.3, -0.25) is 0 Å². The lowest BCUT2D eigenvalue weighted by Gasteiger charge is -2.20. The fourth-order valence-corrected chi connectivity index (χ4v) is 2.42. The minimum atomic E-state index is 0.698. The van der Waals surface area contributed by atoms with Gasteiger partial charge in [-0.2, -0.15) is 0 Å². The minimum Gasteiger partial charge on any atom is -0.356 e. The van der Waals surface area contributed by atoms with Gasteiger partial charge in [0.15, 0.2) is 0 Å². The topological polar surface area (TPSA) is 42.2 Å². The van der Waals surface area contributed by atoms with Gasteiger partial charge in [0.2, 0.25) is 0 Å². The van der Waals surface area contributed by atoms with Crippen LogP contribution in [0.4, 0.5) is 5.82 Å². The van der Waals surface area contributed by atoms with E-state index in [1.807, 2.05) is 12.3 Å². The summed E-state index contributed by atoms with van der Waals surface area (Å²) in [5.41, 5.74) is 6.93. The van der Waals surface area contributed by atoms with Gasteiger partial charge >= 0.3 is 0 Å². The smallest absolute Gasteiger partial charge is 0.131 e. The monoisotopic (exact) mass is 219 g/mol. The molecule has 1 aromatic rings. The minimum absolute atomic E-state index is 0.698. The first-order valence-corrected chi connectivity index (χ1v) is 6.24.